The number of carbonyl (C=O) groups is 6. The lowest BCUT2D eigenvalue weighted by Crippen LogP contribution is -2.28. The van der Waals surface area contributed by atoms with Gasteiger partial charge in [0.05, 0.1) is 72.5 Å². The Morgan fingerprint density at radius 2 is 0.559 bits per heavy atom. The van der Waals surface area contributed by atoms with Crippen LogP contribution in [0.4, 0.5) is 0 Å². The van der Waals surface area contributed by atoms with E-state index in [1.165, 1.54) is 0 Å². The van der Waals surface area contributed by atoms with Crippen molar-refractivity contribution in [2.75, 3.05) is 152 Å². The van der Waals surface area contributed by atoms with E-state index < -0.39 is 0 Å². The highest BCUT2D eigenvalue weighted by Crippen LogP contribution is 2.06. The van der Waals surface area contributed by atoms with Crippen molar-refractivity contribution in [1.82, 2.24) is 26.6 Å². The minimum absolute atomic E-state index is 0.0243. The van der Waals surface area contributed by atoms with E-state index in [-0.39, 0.29) is 48.5 Å². The van der Waals surface area contributed by atoms with Gasteiger partial charge in [0, 0.05) is 127 Å². The topological polar surface area (TPSA) is 246 Å². The van der Waals surface area contributed by atoms with Gasteiger partial charge in [0.2, 0.25) is 29.5 Å². The lowest BCUT2D eigenvalue weighted by Gasteiger charge is -2.07. The number of hydrogen-bond donors (Lipinski definition) is 5. The number of amides is 5. The molecule has 0 fully saturated rings. The number of hydrogen-bond acceptors (Lipinski definition) is 15. The molecule has 0 saturated heterocycles. The van der Waals surface area contributed by atoms with E-state index in [1.807, 2.05) is 67.5 Å². The molecule has 5 amide bonds. The Balaban J connectivity index is -0.000000247. The van der Waals surface area contributed by atoms with Crippen LogP contribution in [0.15, 0.2) is 24.3 Å². The second-order valence-electron chi connectivity index (χ2n) is 33.8. The van der Waals surface area contributed by atoms with Crippen molar-refractivity contribution in [3.63, 3.8) is 0 Å². The molecule has 0 aliphatic heterocycles. The third kappa shape index (κ3) is 139. The van der Waals surface area contributed by atoms with Crippen LogP contribution in [0.2, 0.25) is 0 Å². The number of ketones is 1. The Labute approximate surface area is 725 Å². The molecule has 0 rings (SSSR count). The first kappa shape index (κ1) is 125. The smallest absolute Gasteiger partial charge is 0.246 e. The first-order valence-corrected chi connectivity index (χ1v) is 44.5. The highest BCUT2D eigenvalue weighted by Gasteiger charge is 2.07. The maximum absolute atomic E-state index is 11.7. The van der Waals surface area contributed by atoms with Crippen molar-refractivity contribution in [1.29, 1.82) is 0 Å². The predicted octanol–water partition coefficient (Wildman–Crippen LogP) is 17.6. The zero-order valence-corrected chi connectivity index (χ0v) is 80.5. The van der Waals surface area contributed by atoms with Crippen LogP contribution >= 0.6 is 0 Å². The van der Waals surface area contributed by atoms with Gasteiger partial charge < -0.3 is 69.2 Å². The number of nitrogens with one attached hydrogen (secondary N) is 5. The van der Waals surface area contributed by atoms with Crippen molar-refractivity contribution >= 4 is 35.3 Å². The number of rotatable bonds is 55. The molecule has 0 bridgehead atoms. The molecule has 0 radical (unpaired) electrons. The van der Waals surface area contributed by atoms with E-state index >= 15 is 0 Å². The summed E-state index contributed by atoms with van der Waals surface area (Å²) in [6, 6.07) is 0. The van der Waals surface area contributed by atoms with Gasteiger partial charge in [0.25, 0.3) is 0 Å². The van der Waals surface area contributed by atoms with Crippen molar-refractivity contribution in [3.8, 4) is 59.2 Å². The van der Waals surface area contributed by atoms with Crippen LogP contribution in [0.5, 0.6) is 0 Å². The Hall–Kier alpha value is -6.06. The van der Waals surface area contributed by atoms with Gasteiger partial charge >= 0.3 is 0 Å². The van der Waals surface area contributed by atoms with E-state index in [2.05, 4.69) is 236 Å². The van der Waals surface area contributed by atoms with E-state index in [0.29, 0.717) is 228 Å². The Bertz CT molecular complexity index is 2710. The molecule has 0 aromatic heterocycles. The van der Waals surface area contributed by atoms with E-state index in [1.54, 1.807) is 0 Å². The van der Waals surface area contributed by atoms with Gasteiger partial charge in [-0.2, -0.15) is 0 Å². The Kier molecular flexibility index (Phi) is 102. The molecule has 0 unspecified atom stereocenters. The summed E-state index contributed by atoms with van der Waals surface area (Å²) < 4.78 is 48.3. The van der Waals surface area contributed by atoms with Crippen LogP contribution in [0.25, 0.3) is 0 Å². The van der Waals surface area contributed by atoms with Gasteiger partial charge in [-0.25, -0.2) is 0 Å². The lowest BCUT2D eigenvalue weighted by molar-refractivity contribution is -0.126. The van der Waals surface area contributed by atoms with Crippen LogP contribution in [-0.2, 0) is 71.4 Å². The molecule has 0 atom stereocenters. The maximum atomic E-state index is 11.7. The standard InChI is InChI=1S/C20H36O4.C16H31NO3.C16H29NO3.C13H25NO2.C13H23NO2.C11H19NO.C9H16/c1-18(2)8-5-12-22-13-6-9-20(21)10-7-14-23-16-17-24-15-11-19(3)4;2*1-14(2)6-5-9-17-16(18)8-11-20-13-12-19-10-7-15(3)4;2*1-11(2)6-5-8-14-13(15)10-16-9-7-12(3)4;1-9(2)6-5-7-12-11(13)8-10(3)4;1-8(2)6-5-7-9(3)4/h18-19H,6-7,9-17H2,1-4H3;5-6,14-15H,7-13H2,1-4H3,(H,17,18);14-15H,7-13H2,1-4H3,(H,17,18);5-6,11-12H,7-10H2,1-4H3,(H,14,15);11-12H,7-10H2,1-4H3,(H,14,15);9-10H,7-8H2,1-4H3,(H,12,13);8-9H,6H2,1-4H3/b;6-5+;;6-5+;;;. The van der Waals surface area contributed by atoms with E-state index in [4.69, 9.17) is 42.6 Å². The molecule has 0 saturated carbocycles. The molecular formula is C98H179N5O15. The summed E-state index contributed by atoms with van der Waals surface area (Å²) in [5, 5.41) is 13.8. The molecule has 20 nitrogen and oxygen atoms in total. The molecule has 0 aromatic rings. The average Bonchev–Trinajstić information content (AvgIpc) is 1.10. The second-order valence-corrected chi connectivity index (χ2v) is 33.8. The Morgan fingerprint density at radius 3 is 0.898 bits per heavy atom. The summed E-state index contributed by atoms with van der Waals surface area (Å²) in [7, 11) is 0. The summed E-state index contributed by atoms with van der Waals surface area (Å²) in [5.74, 6) is 37.6. The molecular weight excluding hydrogens is 1490 g/mol. The van der Waals surface area contributed by atoms with Gasteiger partial charge in [0.1, 0.15) is 25.6 Å². The van der Waals surface area contributed by atoms with Crippen molar-refractivity contribution in [2.45, 2.75) is 277 Å². The molecule has 686 valence electrons. The van der Waals surface area contributed by atoms with Crippen LogP contribution in [0.1, 0.15) is 277 Å². The quantitative estimate of drug-likeness (QED) is 0.0216. The number of carbonyl (C=O) groups excluding carboxylic acids is 6. The van der Waals surface area contributed by atoms with E-state index in [9.17, 15) is 28.8 Å². The summed E-state index contributed by atoms with van der Waals surface area (Å²) in [6.07, 6.45) is 18.4. The molecule has 118 heavy (non-hydrogen) atoms. The van der Waals surface area contributed by atoms with Crippen molar-refractivity contribution < 1.29 is 71.4 Å². The summed E-state index contributed by atoms with van der Waals surface area (Å²) in [5.41, 5.74) is 0. The SMILES string of the molecule is CC(C)/C=C/CNC(=O)CCOCCOCCC(C)C.CC(C)/C=C/CNC(=O)COCCC(C)C.CC(C)C#CCC(C)C.CC(C)C#CCNC(=O)CC(C)C.CC(C)C#CCNC(=O)CCOCCOCCC(C)C.CC(C)C#CCNC(=O)COCCC(C)C.CC(C)C#CCOCCCC(=O)CCCOCCOCCC(C)C. The third-order valence-corrected chi connectivity index (χ3v) is 14.4. The van der Waals surface area contributed by atoms with Gasteiger partial charge in [0.15, 0.2) is 0 Å². The summed E-state index contributed by atoms with van der Waals surface area (Å²) >= 11 is 0. The predicted molar refractivity (Wildman–Crippen MR) is 492 cm³/mol. The molecule has 5 N–H and O–H groups in total. The minimum atomic E-state index is -0.0955. The maximum Gasteiger partial charge on any atom is 0.246 e. The summed E-state index contributed by atoms with van der Waals surface area (Å²) in [4.78, 5) is 68.2. The summed E-state index contributed by atoms with van der Waals surface area (Å²) in [6.45, 7) is 71.5. The van der Waals surface area contributed by atoms with Crippen LogP contribution in [-0.4, -0.2) is 187 Å². The normalized spacial score (nSPS) is 10.7. The van der Waals surface area contributed by atoms with Crippen molar-refractivity contribution in [3.05, 3.63) is 24.3 Å². The highest BCUT2D eigenvalue weighted by molar-refractivity contribution is 5.79. The first-order chi connectivity index (χ1) is 55.7. The monoisotopic (exact) mass is 1670 g/mol. The third-order valence-electron chi connectivity index (χ3n) is 14.4. The van der Waals surface area contributed by atoms with Gasteiger partial charge in [-0.15, -0.1) is 11.8 Å². The number of ether oxygens (including phenoxy) is 9. The Morgan fingerprint density at radius 1 is 0.271 bits per heavy atom. The fourth-order valence-electron chi connectivity index (χ4n) is 7.87. The molecule has 20 heteroatoms. The van der Waals surface area contributed by atoms with Crippen LogP contribution in [0, 0.1) is 142 Å². The average molecular weight is 1670 g/mol. The second kappa shape index (κ2) is 96.4. The molecule has 0 aliphatic rings. The van der Waals surface area contributed by atoms with E-state index in [0.717, 1.165) is 77.1 Å². The van der Waals surface area contributed by atoms with Gasteiger partial charge in [-0.05, 0) is 98.2 Å². The molecule has 0 heterocycles. The minimum Gasteiger partial charge on any atom is -0.379 e. The largest absolute Gasteiger partial charge is 0.379 e. The fourth-order valence-corrected chi connectivity index (χ4v) is 7.87. The molecule has 0 aromatic carbocycles. The molecule has 0 aliphatic carbocycles. The fraction of sp³-hybridized carbons (Fsp3) is 0.796. The number of allylic oxidation sites excluding steroid dienone is 2. The van der Waals surface area contributed by atoms with Crippen LogP contribution < -0.4 is 26.6 Å². The lowest BCUT2D eigenvalue weighted by atomic mass is 10.1. The zero-order chi connectivity index (χ0) is 90.8. The highest BCUT2D eigenvalue weighted by atomic mass is 16.5. The van der Waals surface area contributed by atoms with Gasteiger partial charge in [-0.1, -0.05) is 266 Å². The van der Waals surface area contributed by atoms with Gasteiger partial charge in [-0.3, -0.25) is 28.8 Å². The molecule has 0 spiro atoms. The first-order valence-electron chi connectivity index (χ1n) is 44.5. The zero-order valence-electron chi connectivity index (χ0n) is 80.5. The van der Waals surface area contributed by atoms with Crippen LogP contribution in [0.3, 0.4) is 0 Å². The number of Topliss-reactive ketones (excluding diaryl/α,β-unsaturated/α-hetero) is 1. The van der Waals surface area contributed by atoms with Crippen molar-refractivity contribution in [2.24, 2.45) is 82.9 Å².